The quantitative estimate of drug-likeness (QED) is 0.677. The van der Waals surface area contributed by atoms with E-state index in [1.807, 2.05) is 46.6 Å². The predicted octanol–water partition coefficient (Wildman–Crippen LogP) is 3.56. The van der Waals surface area contributed by atoms with Gasteiger partial charge in [-0.2, -0.15) is 9.61 Å². The Balaban J connectivity index is 1.88. The van der Waals surface area contributed by atoms with Gasteiger partial charge >= 0.3 is 0 Å². The first kappa shape index (κ1) is 13.0. The van der Waals surface area contributed by atoms with Crippen LogP contribution in [0.5, 0.6) is 0 Å². The molecular weight excluding hydrogens is 304 g/mol. The molecule has 0 unspecified atom stereocenters. The van der Waals surface area contributed by atoms with Crippen LogP contribution in [-0.4, -0.2) is 32.8 Å². The van der Waals surface area contributed by atoms with Crippen molar-refractivity contribution in [2.45, 2.75) is 0 Å². The number of hydrogen-bond acceptors (Lipinski definition) is 4. The van der Waals surface area contributed by atoms with Crippen molar-refractivity contribution >= 4 is 34.8 Å². The molecule has 1 saturated heterocycles. The minimum atomic E-state index is 0.508. The smallest absolute Gasteiger partial charge is 0.159 e. The van der Waals surface area contributed by atoms with Crippen molar-refractivity contribution < 1.29 is 0 Å². The van der Waals surface area contributed by atoms with Gasteiger partial charge in [-0.25, -0.2) is 4.98 Å². The molecule has 4 nitrogen and oxygen atoms in total. The Morgan fingerprint density at radius 2 is 2.00 bits per heavy atom. The lowest BCUT2D eigenvalue weighted by Gasteiger charge is -2.17. The van der Waals surface area contributed by atoms with Gasteiger partial charge in [0.25, 0.3) is 0 Å². The molecule has 0 bridgehead atoms. The maximum absolute atomic E-state index is 6.17. The average molecular weight is 317 g/mol. The summed E-state index contributed by atoms with van der Waals surface area (Å²) in [4.78, 5) is 6.67. The predicted molar refractivity (Wildman–Crippen MR) is 88.1 cm³/mol. The molecule has 2 aromatic heterocycles. The Morgan fingerprint density at radius 1 is 1.14 bits per heavy atom. The molecule has 1 aliphatic heterocycles. The SMILES string of the molecule is Clc1cc(N2CCSC2)n2nc(-c3ccccc3)cc2n1. The molecular formula is C15H13ClN4S. The monoisotopic (exact) mass is 316 g/mol. The third-order valence-electron chi connectivity index (χ3n) is 3.52. The summed E-state index contributed by atoms with van der Waals surface area (Å²) in [6.07, 6.45) is 0. The summed E-state index contributed by atoms with van der Waals surface area (Å²) in [5, 5.41) is 5.22. The van der Waals surface area contributed by atoms with Gasteiger partial charge in [0.15, 0.2) is 5.65 Å². The normalized spacial score (nSPS) is 15.0. The number of nitrogens with zero attached hydrogens (tertiary/aromatic N) is 4. The lowest BCUT2D eigenvalue weighted by molar-refractivity contribution is 0.864. The van der Waals surface area contributed by atoms with E-state index in [0.29, 0.717) is 5.15 Å². The highest BCUT2D eigenvalue weighted by Crippen LogP contribution is 2.28. The van der Waals surface area contributed by atoms with Crippen molar-refractivity contribution in [3.8, 4) is 11.3 Å². The molecule has 1 aliphatic rings. The second-order valence-corrected chi connectivity index (χ2v) is 6.37. The molecule has 1 fully saturated rings. The van der Waals surface area contributed by atoms with Crippen LogP contribution in [0.15, 0.2) is 42.5 Å². The third-order valence-corrected chi connectivity index (χ3v) is 4.68. The van der Waals surface area contributed by atoms with E-state index in [1.54, 1.807) is 0 Å². The number of anilines is 1. The van der Waals surface area contributed by atoms with Crippen LogP contribution in [0.25, 0.3) is 16.9 Å². The Labute approximate surface area is 131 Å². The van der Waals surface area contributed by atoms with Crippen molar-refractivity contribution in [2.75, 3.05) is 23.1 Å². The second-order valence-electron chi connectivity index (χ2n) is 4.90. The van der Waals surface area contributed by atoms with Crippen molar-refractivity contribution in [2.24, 2.45) is 0 Å². The van der Waals surface area contributed by atoms with Crippen LogP contribution in [0.4, 0.5) is 5.82 Å². The number of halogens is 1. The van der Waals surface area contributed by atoms with Gasteiger partial charge in [0.2, 0.25) is 0 Å². The Hall–Kier alpha value is -1.72. The Bertz CT molecular complexity index is 781. The van der Waals surface area contributed by atoms with Gasteiger partial charge in [-0.05, 0) is 0 Å². The molecule has 4 rings (SSSR count). The zero-order chi connectivity index (χ0) is 14.2. The van der Waals surface area contributed by atoms with E-state index in [4.69, 9.17) is 16.7 Å². The molecule has 1 aromatic carbocycles. The molecule has 0 atom stereocenters. The van der Waals surface area contributed by atoms with Crippen LogP contribution < -0.4 is 4.90 Å². The molecule has 0 aliphatic carbocycles. The zero-order valence-corrected chi connectivity index (χ0v) is 12.8. The molecule has 0 radical (unpaired) electrons. The summed E-state index contributed by atoms with van der Waals surface area (Å²) in [6.45, 7) is 1.01. The number of benzene rings is 1. The van der Waals surface area contributed by atoms with Crippen LogP contribution in [0.1, 0.15) is 0 Å². The molecule has 0 amide bonds. The summed E-state index contributed by atoms with van der Waals surface area (Å²) in [5.41, 5.74) is 2.78. The van der Waals surface area contributed by atoms with E-state index in [-0.39, 0.29) is 0 Å². The van der Waals surface area contributed by atoms with Crippen molar-refractivity contribution in [1.82, 2.24) is 14.6 Å². The molecule has 0 N–H and O–H groups in total. The van der Waals surface area contributed by atoms with Crippen molar-refractivity contribution in [1.29, 1.82) is 0 Å². The highest BCUT2D eigenvalue weighted by Gasteiger charge is 2.18. The fourth-order valence-corrected chi connectivity index (χ4v) is 3.64. The van der Waals surface area contributed by atoms with Crippen LogP contribution in [0.3, 0.4) is 0 Å². The Kier molecular flexibility index (Phi) is 3.24. The molecule has 3 heterocycles. The minimum Gasteiger partial charge on any atom is -0.346 e. The van der Waals surface area contributed by atoms with E-state index in [1.165, 1.54) is 0 Å². The lowest BCUT2D eigenvalue weighted by Crippen LogP contribution is -2.21. The summed E-state index contributed by atoms with van der Waals surface area (Å²) >= 11 is 8.09. The maximum Gasteiger partial charge on any atom is 0.159 e. The average Bonchev–Trinajstić information content (AvgIpc) is 3.16. The molecule has 106 valence electrons. The third kappa shape index (κ3) is 2.36. The number of thioether (sulfide) groups is 1. The van der Waals surface area contributed by atoms with Crippen LogP contribution in [0, 0.1) is 0 Å². The topological polar surface area (TPSA) is 33.4 Å². The molecule has 3 aromatic rings. The first-order chi connectivity index (χ1) is 10.3. The van der Waals surface area contributed by atoms with Crippen LogP contribution in [0.2, 0.25) is 5.15 Å². The highest BCUT2D eigenvalue weighted by molar-refractivity contribution is 7.99. The van der Waals surface area contributed by atoms with E-state index in [2.05, 4.69) is 22.0 Å². The number of aromatic nitrogens is 3. The lowest BCUT2D eigenvalue weighted by atomic mass is 10.2. The standard InChI is InChI=1S/C15H13ClN4S/c16-13-9-15(19-6-7-21-10-19)20-14(17-13)8-12(18-20)11-4-2-1-3-5-11/h1-5,8-9H,6-7,10H2. The van der Waals surface area contributed by atoms with Gasteiger partial charge in [-0.1, -0.05) is 41.9 Å². The van der Waals surface area contributed by atoms with Gasteiger partial charge in [-0.15, -0.1) is 11.8 Å². The number of rotatable bonds is 2. The van der Waals surface area contributed by atoms with Gasteiger partial charge in [0.05, 0.1) is 11.6 Å². The summed E-state index contributed by atoms with van der Waals surface area (Å²) in [5.74, 6) is 3.11. The van der Waals surface area contributed by atoms with Crippen LogP contribution in [-0.2, 0) is 0 Å². The zero-order valence-electron chi connectivity index (χ0n) is 11.2. The first-order valence-corrected chi connectivity index (χ1v) is 8.29. The van der Waals surface area contributed by atoms with Gasteiger partial charge in [-0.3, -0.25) is 0 Å². The minimum absolute atomic E-state index is 0.508. The van der Waals surface area contributed by atoms with Gasteiger partial charge in [0, 0.05) is 30.0 Å². The molecule has 0 saturated carbocycles. The van der Waals surface area contributed by atoms with Crippen molar-refractivity contribution in [3.05, 3.63) is 47.6 Å². The number of fused-ring (bicyclic) bond motifs is 1. The number of hydrogen-bond donors (Lipinski definition) is 0. The van der Waals surface area contributed by atoms with E-state index < -0.39 is 0 Å². The van der Waals surface area contributed by atoms with E-state index >= 15 is 0 Å². The molecule has 6 heteroatoms. The largest absolute Gasteiger partial charge is 0.346 e. The van der Waals surface area contributed by atoms with Crippen LogP contribution >= 0.6 is 23.4 Å². The fraction of sp³-hybridized carbons (Fsp3) is 0.200. The summed E-state index contributed by atoms with van der Waals surface area (Å²) < 4.78 is 1.89. The Morgan fingerprint density at radius 3 is 2.76 bits per heavy atom. The first-order valence-electron chi connectivity index (χ1n) is 6.76. The van der Waals surface area contributed by atoms with E-state index in [0.717, 1.165) is 40.9 Å². The summed E-state index contributed by atoms with van der Waals surface area (Å²) in [7, 11) is 0. The summed E-state index contributed by atoms with van der Waals surface area (Å²) in [6, 6.07) is 14.0. The second kappa shape index (κ2) is 5.24. The maximum atomic E-state index is 6.17. The van der Waals surface area contributed by atoms with Gasteiger partial charge in [0.1, 0.15) is 11.0 Å². The van der Waals surface area contributed by atoms with Gasteiger partial charge < -0.3 is 4.90 Å². The molecule has 21 heavy (non-hydrogen) atoms. The van der Waals surface area contributed by atoms with Crippen molar-refractivity contribution in [3.63, 3.8) is 0 Å². The van der Waals surface area contributed by atoms with E-state index in [9.17, 15) is 0 Å². The fourth-order valence-electron chi connectivity index (χ4n) is 2.50. The molecule has 0 spiro atoms. The highest BCUT2D eigenvalue weighted by atomic mass is 35.5.